The summed E-state index contributed by atoms with van der Waals surface area (Å²) in [6, 6.07) is 20.5. The third-order valence-electron chi connectivity index (χ3n) is 6.58. The number of amides is 1. The molecule has 0 saturated heterocycles. The molecule has 7 nitrogen and oxygen atoms in total. The first-order valence-corrected chi connectivity index (χ1v) is 13.0. The van der Waals surface area contributed by atoms with Crippen molar-refractivity contribution < 1.29 is 19.4 Å². The minimum absolute atomic E-state index is 0.103. The molecule has 37 heavy (non-hydrogen) atoms. The summed E-state index contributed by atoms with van der Waals surface area (Å²) in [5, 5.41) is 15.8. The normalized spacial score (nSPS) is 16.6. The average Bonchev–Trinajstić information content (AvgIpc) is 3.19. The highest BCUT2D eigenvalue weighted by atomic mass is 32.2. The zero-order valence-electron chi connectivity index (χ0n) is 21.1. The highest BCUT2D eigenvalue weighted by Crippen LogP contribution is 2.37. The van der Waals surface area contributed by atoms with Gasteiger partial charge in [0.1, 0.15) is 10.7 Å². The largest absolute Gasteiger partial charge is 0.466 e. The van der Waals surface area contributed by atoms with Crippen molar-refractivity contribution in [2.24, 2.45) is 4.99 Å². The maximum atomic E-state index is 12.8. The molecule has 2 N–H and O–H groups in total. The Morgan fingerprint density at radius 2 is 1.89 bits per heavy atom. The van der Waals surface area contributed by atoms with Gasteiger partial charge in [0, 0.05) is 22.7 Å². The fourth-order valence-electron chi connectivity index (χ4n) is 4.82. The van der Waals surface area contributed by atoms with E-state index in [1.807, 2.05) is 24.3 Å². The summed E-state index contributed by atoms with van der Waals surface area (Å²) in [5.41, 5.74) is 3.40. The summed E-state index contributed by atoms with van der Waals surface area (Å²) < 4.78 is 4.86. The van der Waals surface area contributed by atoms with E-state index in [4.69, 9.17) is 9.73 Å². The number of nitrogens with zero attached hydrogens (tertiary/aromatic N) is 2. The molecule has 8 heteroatoms. The number of hydrogen-bond acceptors (Lipinski definition) is 7. The number of rotatable bonds is 6. The molecule has 190 valence electrons. The van der Waals surface area contributed by atoms with E-state index in [9.17, 15) is 14.7 Å². The summed E-state index contributed by atoms with van der Waals surface area (Å²) in [4.78, 5) is 32.5. The van der Waals surface area contributed by atoms with E-state index < -0.39 is 5.97 Å². The fourth-order valence-corrected chi connectivity index (χ4v) is 5.91. The molecule has 0 aromatic heterocycles. The highest BCUT2D eigenvalue weighted by Gasteiger charge is 2.34. The molecular weight excluding hydrogens is 486 g/mol. The van der Waals surface area contributed by atoms with Crippen molar-refractivity contribution in [1.82, 2.24) is 4.90 Å². The number of nitrogens with one attached hydrogen (secondary N) is 1. The topological polar surface area (TPSA) is 91.2 Å². The second kappa shape index (κ2) is 10.0. The van der Waals surface area contributed by atoms with E-state index in [0.29, 0.717) is 5.69 Å². The molecule has 0 unspecified atom stereocenters. The van der Waals surface area contributed by atoms with E-state index in [1.54, 1.807) is 11.8 Å². The number of thioether (sulfide) groups is 1. The van der Waals surface area contributed by atoms with E-state index in [1.165, 1.54) is 33.9 Å². The Kier molecular flexibility index (Phi) is 6.79. The van der Waals surface area contributed by atoms with Crippen molar-refractivity contribution in [3.8, 4) is 0 Å². The molecule has 0 radical (unpaired) electrons. The summed E-state index contributed by atoms with van der Waals surface area (Å²) in [5.74, 6) is -0.900. The van der Waals surface area contributed by atoms with E-state index in [-0.39, 0.29) is 42.4 Å². The second-order valence-corrected chi connectivity index (χ2v) is 10.8. The number of anilines is 1. The van der Waals surface area contributed by atoms with Crippen LogP contribution in [0.3, 0.4) is 0 Å². The highest BCUT2D eigenvalue weighted by molar-refractivity contribution is 8.14. The number of aliphatic hydroxyl groups excluding tert-OH is 1. The lowest BCUT2D eigenvalue weighted by Gasteiger charge is -2.29. The van der Waals surface area contributed by atoms with Crippen molar-refractivity contribution in [2.75, 3.05) is 32.1 Å². The second-order valence-electron chi connectivity index (χ2n) is 9.77. The van der Waals surface area contributed by atoms with Crippen molar-refractivity contribution in [3.63, 3.8) is 0 Å². The quantitative estimate of drug-likeness (QED) is 0.474. The molecular formula is C29H29N3O4S. The first-order valence-electron chi connectivity index (χ1n) is 12.2. The van der Waals surface area contributed by atoms with Gasteiger partial charge in [0.05, 0.1) is 31.4 Å². The number of ether oxygens (including phenoxy) is 1. The van der Waals surface area contributed by atoms with E-state index in [2.05, 4.69) is 55.6 Å². The third-order valence-corrected chi connectivity index (χ3v) is 7.59. The van der Waals surface area contributed by atoms with Gasteiger partial charge in [-0.15, -0.1) is 0 Å². The fraction of sp³-hybridized carbons (Fsp3) is 0.276. The summed E-state index contributed by atoms with van der Waals surface area (Å²) >= 11 is 1.62. The van der Waals surface area contributed by atoms with Crippen LogP contribution in [0.2, 0.25) is 0 Å². The predicted octanol–water partition coefficient (Wildman–Crippen LogP) is 4.39. The molecule has 0 fully saturated rings. The summed E-state index contributed by atoms with van der Waals surface area (Å²) in [6.07, 6.45) is 0.884. The number of carbonyl (C=O) groups excluding carboxylic acids is 2. The average molecular weight is 516 g/mol. The van der Waals surface area contributed by atoms with Crippen LogP contribution in [0.15, 0.2) is 81.8 Å². The number of aliphatic imine (C=N–C) groups is 1. The standard InChI is InChI=1S/C29H29N3O4S/c1-29(2)16-23-21-7-5-4-6-18(21)8-13-22(23)26(31-29)37-20-11-9-19(10-12-20)30-25-24(28(35)36-3)17-32(14-15-33)27(25)34/h4-13,30,33H,14-17H2,1-3H3. The van der Waals surface area contributed by atoms with Crippen molar-refractivity contribution in [3.05, 3.63) is 83.1 Å². The maximum absolute atomic E-state index is 12.8. The van der Waals surface area contributed by atoms with Crippen LogP contribution in [-0.4, -0.2) is 59.3 Å². The predicted molar refractivity (Wildman–Crippen MR) is 147 cm³/mol. The molecule has 3 aromatic carbocycles. The Hall–Kier alpha value is -3.62. The number of carbonyl (C=O) groups is 2. The van der Waals surface area contributed by atoms with E-state index >= 15 is 0 Å². The smallest absolute Gasteiger partial charge is 0.337 e. The minimum Gasteiger partial charge on any atom is -0.466 e. The number of esters is 1. The van der Waals surface area contributed by atoms with Crippen LogP contribution >= 0.6 is 11.8 Å². The van der Waals surface area contributed by atoms with Gasteiger partial charge in [-0.25, -0.2) is 4.79 Å². The lowest BCUT2D eigenvalue weighted by Crippen LogP contribution is -2.31. The monoisotopic (exact) mass is 515 g/mol. The van der Waals surface area contributed by atoms with Crippen LogP contribution in [0.4, 0.5) is 5.69 Å². The van der Waals surface area contributed by atoms with E-state index in [0.717, 1.165) is 16.4 Å². The number of methoxy groups -OCH3 is 1. The Morgan fingerprint density at radius 3 is 2.62 bits per heavy atom. The molecule has 0 bridgehead atoms. The zero-order valence-corrected chi connectivity index (χ0v) is 21.9. The van der Waals surface area contributed by atoms with Gasteiger partial charge < -0.3 is 20.1 Å². The van der Waals surface area contributed by atoms with Crippen LogP contribution in [0.5, 0.6) is 0 Å². The molecule has 0 spiro atoms. The zero-order chi connectivity index (χ0) is 26.2. The molecule has 2 heterocycles. The number of β-amino-alcohol motifs (C(OH)–C–C–N with tert-alkyl or cyclic N) is 1. The van der Waals surface area contributed by atoms with Gasteiger partial charge in [0.2, 0.25) is 0 Å². The first-order chi connectivity index (χ1) is 17.8. The summed E-state index contributed by atoms with van der Waals surface area (Å²) in [7, 11) is 1.29. The number of fused-ring (bicyclic) bond motifs is 3. The SMILES string of the molecule is COC(=O)C1=C(Nc2ccc(SC3=NC(C)(C)Cc4c3ccc3ccccc43)cc2)C(=O)N(CCO)C1. The lowest BCUT2D eigenvalue weighted by molar-refractivity contribution is -0.136. The van der Waals surface area contributed by atoms with Crippen LogP contribution in [0, 0.1) is 0 Å². The van der Waals surface area contributed by atoms with Gasteiger partial charge in [0.25, 0.3) is 5.91 Å². The third kappa shape index (κ3) is 4.99. The number of aliphatic hydroxyl groups is 1. The molecule has 0 saturated carbocycles. The van der Waals surface area contributed by atoms with Gasteiger partial charge in [0.15, 0.2) is 0 Å². The maximum Gasteiger partial charge on any atom is 0.337 e. The molecule has 2 aliphatic heterocycles. The van der Waals surface area contributed by atoms with Crippen molar-refractivity contribution in [2.45, 2.75) is 30.7 Å². The van der Waals surface area contributed by atoms with Gasteiger partial charge >= 0.3 is 5.97 Å². The Labute approximate surface area is 220 Å². The van der Waals surface area contributed by atoms with Crippen molar-refractivity contribution >= 4 is 45.1 Å². The van der Waals surface area contributed by atoms with Crippen LogP contribution in [-0.2, 0) is 20.7 Å². The van der Waals surface area contributed by atoms with Gasteiger partial charge in [-0.05, 0) is 60.9 Å². The molecule has 0 atom stereocenters. The molecule has 1 amide bonds. The Morgan fingerprint density at radius 1 is 1.14 bits per heavy atom. The minimum atomic E-state index is -0.562. The summed E-state index contributed by atoms with van der Waals surface area (Å²) in [6.45, 7) is 4.40. The lowest BCUT2D eigenvalue weighted by atomic mass is 9.86. The molecule has 5 rings (SSSR count). The number of hydrogen-bond donors (Lipinski definition) is 2. The van der Waals surface area contributed by atoms with Crippen LogP contribution in [0.1, 0.15) is 25.0 Å². The van der Waals surface area contributed by atoms with Crippen LogP contribution in [0.25, 0.3) is 10.8 Å². The number of benzene rings is 3. The molecule has 3 aromatic rings. The molecule has 0 aliphatic carbocycles. The van der Waals surface area contributed by atoms with Crippen LogP contribution < -0.4 is 5.32 Å². The Bertz CT molecular complexity index is 1440. The van der Waals surface area contributed by atoms with Gasteiger partial charge in [-0.2, -0.15) is 0 Å². The van der Waals surface area contributed by atoms with Gasteiger partial charge in [-0.1, -0.05) is 48.2 Å². The first kappa shape index (κ1) is 25.0. The van der Waals surface area contributed by atoms with Gasteiger partial charge in [-0.3, -0.25) is 9.79 Å². The van der Waals surface area contributed by atoms with Crippen molar-refractivity contribution in [1.29, 1.82) is 0 Å². The Balaban J connectivity index is 1.39. The molecule has 2 aliphatic rings.